The molecule has 30 heavy (non-hydrogen) atoms. The molecular formula is C22H24N4O3S. The monoisotopic (exact) mass is 424 g/mol. The number of carbonyl (C=O) groups is 2. The van der Waals surface area contributed by atoms with Crippen molar-refractivity contribution in [2.45, 2.75) is 20.3 Å². The van der Waals surface area contributed by atoms with Crippen LogP contribution in [0.4, 0.5) is 15.6 Å². The van der Waals surface area contributed by atoms with Gasteiger partial charge < -0.3 is 15.4 Å². The van der Waals surface area contributed by atoms with Crippen molar-refractivity contribution < 1.29 is 14.3 Å². The summed E-state index contributed by atoms with van der Waals surface area (Å²) < 4.78 is 5.14. The van der Waals surface area contributed by atoms with Gasteiger partial charge in [-0.1, -0.05) is 41.2 Å². The lowest BCUT2D eigenvalue weighted by atomic mass is 10.1. The highest BCUT2D eigenvalue weighted by molar-refractivity contribution is 7.17. The number of methoxy groups -OCH3 is 1. The Morgan fingerprint density at radius 3 is 2.37 bits per heavy atom. The van der Waals surface area contributed by atoms with Crippen LogP contribution in [0.1, 0.15) is 26.5 Å². The third-order valence-corrected chi connectivity index (χ3v) is 5.46. The van der Waals surface area contributed by atoms with Gasteiger partial charge in [0, 0.05) is 12.2 Å². The van der Waals surface area contributed by atoms with E-state index in [2.05, 4.69) is 20.9 Å². The molecule has 0 bridgehead atoms. The number of amides is 3. The number of aryl methyl sites for hydroxylation is 2. The Hall–Kier alpha value is -3.39. The van der Waals surface area contributed by atoms with Crippen molar-refractivity contribution in [2.24, 2.45) is 0 Å². The van der Waals surface area contributed by atoms with Crippen LogP contribution < -0.4 is 20.7 Å². The van der Waals surface area contributed by atoms with Gasteiger partial charge in [-0.05, 0) is 50.1 Å². The average Bonchev–Trinajstić information content (AvgIpc) is 3.10. The van der Waals surface area contributed by atoms with E-state index in [1.54, 1.807) is 14.0 Å². The second-order valence-electron chi connectivity index (χ2n) is 6.73. The molecule has 0 aliphatic rings. The maximum atomic E-state index is 12.5. The first-order valence-electron chi connectivity index (χ1n) is 9.48. The predicted molar refractivity (Wildman–Crippen MR) is 120 cm³/mol. The fourth-order valence-corrected chi connectivity index (χ4v) is 3.63. The molecule has 0 aliphatic heterocycles. The zero-order valence-corrected chi connectivity index (χ0v) is 17.9. The van der Waals surface area contributed by atoms with E-state index < -0.39 is 6.03 Å². The van der Waals surface area contributed by atoms with Gasteiger partial charge in [0.2, 0.25) is 0 Å². The van der Waals surface area contributed by atoms with E-state index in [1.165, 1.54) is 0 Å². The van der Waals surface area contributed by atoms with Crippen LogP contribution in [-0.2, 0) is 6.42 Å². The molecule has 0 radical (unpaired) electrons. The molecule has 156 valence electrons. The maximum Gasteiger partial charge on any atom is 0.325 e. The molecule has 8 heteroatoms. The Morgan fingerprint density at radius 1 is 1.00 bits per heavy atom. The third kappa shape index (κ3) is 5.81. The first kappa shape index (κ1) is 21.3. The molecule has 0 saturated carbocycles. The number of anilines is 2. The van der Waals surface area contributed by atoms with Crippen molar-refractivity contribution in [3.8, 4) is 5.75 Å². The lowest BCUT2D eigenvalue weighted by Crippen LogP contribution is -2.25. The first-order valence-corrected chi connectivity index (χ1v) is 10.3. The SMILES string of the molecule is COc1ccc(CCNC(=O)c2sc(NC(=O)Nc3ccc(C)cc3)nc2C)cc1. The minimum atomic E-state index is -0.404. The zero-order valence-electron chi connectivity index (χ0n) is 17.1. The number of carbonyl (C=O) groups excluding carboxylic acids is 2. The van der Waals surface area contributed by atoms with E-state index in [4.69, 9.17) is 4.74 Å². The average molecular weight is 425 g/mol. The number of aromatic nitrogens is 1. The van der Waals surface area contributed by atoms with E-state index in [-0.39, 0.29) is 5.91 Å². The Labute approximate surface area is 179 Å². The lowest BCUT2D eigenvalue weighted by Gasteiger charge is -2.06. The maximum absolute atomic E-state index is 12.5. The summed E-state index contributed by atoms with van der Waals surface area (Å²) in [5, 5.41) is 8.70. The Bertz CT molecular complexity index is 1010. The van der Waals surface area contributed by atoms with Crippen LogP contribution in [0.5, 0.6) is 5.75 Å². The molecule has 3 N–H and O–H groups in total. The predicted octanol–water partition coefficient (Wildman–Crippen LogP) is 4.39. The number of ether oxygens (including phenoxy) is 1. The third-order valence-electron chi connectivity index (χ3n) is 4.39. The molecule has 0 spiro atoms. The fraction of sp³-hybridized carbons (Fsp3) is 0.227. The fourth-order valence-electron chi connectivity index (χ4n) is 2.75. The van der Waals surface area contributed by atoms with Crippen molar-refractivity contribution >= 4 is 34.1 Å². The Kier molecular flexibility index (Phi) is 7.03. The van der Waals surface area contributed by atoms with Gasteiger partial charge in [-0.15, -0.1) is 0 Å². The summed E-state index contributed by atoms with van der Waals surface area (Å²) in [5.41, 5.74) is 3.47. The van der Waals surface area contributed by atoms with E-state index in [0.717, 1.165) is 28.2 Å². The number of hydrogen-bond acceptors (Lipinski definition) is 5. The number of hydrogen-bond donors (Lipinski definition) is 3. The van der Waals surface area contributed by atoms with Crippen LogP contribution in [-0.4, -0.2) is 30.6 Å². The van der Waals surface area contributed by atoms with Crippen molar-refractivity contribution in [1.29, 1.82) is 0 Å². The van der Waals surface area contributed by atoms with Gasteiger partial charge >= 0.3 is 6.03 Å². The molecule has 2 aromatic carbocycles. The molecule has 3 amide bonds. The van der Waals surface area contributed by atoms with Gasteiger partial charge in [-0.2, -0.15) is 0 Å². The molecule has 1 heterocycles. The molecule has 1 aromatic heterocycles. The molecule has 0 saturated heterocycles. The highest BCUT2D eigenvalue weighted by Crippen LogP contribution is 2.23. The van der Waals surface area contributed by atoms with Gasteiger partial charge in [-0.3, -0.25) is 10.1 Å². The molecule has 3 rings (SSSR count). The number of benzene rings is 2. The molecule has 7 nitrogen and oxygen atoms in total. The summed E-state index contributed by atoms with van der Waals surface area (Å²) in [7, 11) is 1.63. The Morgan fingerprint density at radius 2 is 1.70 bits per heavy atom. The van der Waals surface area contributed by atoms with Crippen LogP contribution in [0, 0.1) is 13.8 Å². The highest BCUT2D eigenvalue weighted by atomic mass is 32.1. The summed E-state index contributed by atoms with van der Waals surface area (Å²) in [5.74, 6) is 0.597. The second-order valence-corrected chi connectivity index (χ2v) is 7.73. The van der Waals surface area contributed by atoms with Gasteiger partial charge in [0.25, 0.3) is 5.91 Å². The van der Waals surface area contributed by atoms with Crippen molar-refractivity contribution in [3.05, 3.63) is 70.2 Å². The van der Waals surface area contributed by atoms with Crippen LogP contribution in [0.2, 0.25) is 0 Å². The van der Waals surface area contributed by atoms with Crippen LogP contribution >= 0.6 is 11.3 Å². The van der Waals surface area contributed by atoms with Gasteiger partial charge in [0.1, 0.15) is 10.6 Å². The first-order chi connectivity index (χ1) is 14.4. The van der Waals surface area contributed by atoms with Crippen LogP contribution in [0.25, 0.3) is 0 Å². The van der Waals surface area contributed by atoms with E-state index >= 15 is 0 Å². The van der Waals surface area contributed by atoms with Gasteiger partial charge in [-0.25, -0.2) is 9.78 Å². The number of nitrogens with one attached hydrogen (secondary N) is 3. The number of nitrogens with zero attached hydrogens (tertiary/aromatic N) is 1. The van der Waals surface area contributed by atoms with Crippen LogP contribution in [0.3, 0.4) is 0 Å². The van der Waals surface area contributed by atoms with E-state index in [9.17, 15) is 9.59 Å². The van der Waals surface area contributed by atoms with E-state index in [1.807, 2.05) is 55.5 Å². The van der Waals surface area contributed by atoms with Gasteiger partial charge in [0.15, 0.2) is 5.13 Å². The quantitative estimate of drug-likeness (QED) is 0.525. The van der Waals surface area contributed by atoms with Crippen LogP contribution in [0.15, 0.2) is 48.5 Å². The summed E-state index contributed by atoms with van der Waals surface area (Å²) in [4.78, 5) is 29.4. The highest BCUT2D eigenvalue weighted by Gasteiger charge is 2.16. The number of thiazole rings is 1. The van der Waals surface area contributed by atoms with Crippen molar-refractivity contribution in [1.82, 2.24) is 10.3 Å². The number of urea groups is 1. The molecule has 0 unspecified atom stereocenters. The molecular weight excluding hydrogens is 400 g/mol. The minimum Gasteiger partial charge on any atom is -0.497 e. The molecule has 3 aromatic rings. The second kappa shape index (κ2) is 9.89. The van der Waals surface area contributed by atoms with Gasteiger partial charge in [0.05, 0.1) is 12.8 Å². The topological polar surface area (TPSA) is 92.4 Å². The standard InChI is InChI=1S/C22H24N4O3S/c1-14-4-8-17(9-5-14)25-21(28)26-22-24-15(2)19(30-22)20(27)23-13-12-16-6-10-18(29-3)11-7-16/h4-11H,12-13H2,1-3H3,(H,23,27)(H2,24,25,26,28). The summed E-state index contributed by atoms with van der Waals surface area (Å²) in [6, 6.07) is 14.8. The molecule has 0 atom stereocenters. The largest absolute Gasteiger partial charge is 0.497 e. The lowest BCUT2D eigenvalue weighted by molar-refractivity contribution is 0.0957. The zero-order chi connectivity index (χ0) is 21.5. The minimum absolute atomic E-state index is 0.203. The summed E-state index contributed by atoms with van der Waals surface area (Å²) in [6.07, 6.45) is 0.706. The molecule has 0 aliphatic carbocycles. The van der Waals surface area contributed by atoms with E-state index in [0.29, 0.717) is 34.4 Å². The Balaban J connectivity index is 1.51. The molecule has 0 fully saturated rings. The summed E-state index contributed by atoms with van der Waals surface area (Å²) in [6.45, 7) is 4.23. The smallest absolute Gasteiger partial charge is 0.325 e. The summed E-state index contributed by atoms with van der Waals surface area (Å²) >= 11 is 1.15. The number of rotatable bonds is 7. The normalized spacial score (nSPS) is 10.4. The van der Waals surface area contributed by atoms with Crippen molar-refractivity contribution in [3.63, 3.8) is 0 Å². The van der Waals surface area contributed by atoms with Crippen molar-refractivity contribution in [2.75, 3.05) is 24.3 Å².